The third-order valence-corrected chi connectivity index (χ3v) is 2.59. The second kappa shape index (κ2) is 6.53. The molecule has 0 aromatic carbocycles. The van der Waals surface area contributed by atoms with Crippen LogP contribution in [0.15, 0.2) is 12.2 Å². The van der Waals surface area contributed by atoms with Crippen LogP contribution in [0, 0.1) is 0 Å². The molecule has 8 nitrogen and oxygen atoms in total. The number of nitrogens with one attached hydrogen (secondary N) is 2. The Bertz CT molecular complexity index is 432. The number of urea groups is 1. The predicted octanol–water partition coefficient (Wildman–Crippen LogP) is -0.926. The van der Waals surface area contributed by atoms with Crippen molar-refractivity contribution in [3.63, 3.8) is 0 Å². The second-order valence-electron chi connectivity index (χ2n) is 3.87. The first-order chi connectivity index (χ1) is 8.95. The van der Waals surface area contributed by atoms with Crippen LogP contribution in [-0.4, -0.2) is 53.0 Å². The summed E-state index contributed by atoms with van der Waals surface area (Å²) >= 11 is 0. The van der Waals surface area contributed by atoms with Crippen LogP contribution in [0.1, 0.15) is 13.3 Å². The van der Waals surface area contributed by atoms with E-state index in [1.54, 1.807) is 6.92 Å². The fourth-order valence-corrected chi connectivity index (χ4v) is 1.73. The van der Waals surface area contributed by atoms with Crippen LogP contribution in [0.5, 0.6) is 0 Å². The number of carboxylic acids is 1. The molecule has 19 heavy (non-hydrogen) atoms. The SMILES string of the molecule is CCC1C(=O)NCCN1C(=O)NC(=O)C=CC(=O)O. The van der Waals surface area contributed by atoms with Crippen molar-refractivity contribution in [3.8, 4) is 0 Å². The summed E-state index contributed by atoms with van der Waals surface area (Å²) in [6, 6.07) is -1.33. The number of hydrogen-bond acceptors (Lipinski definition) is 4. The molecular formula is C11H15N3O5. The summed E-state index contributed by atoms with van der Waals surface area (Å²) in [5.74, 6) is -2.39. The van der Waals surface area contributed by atoms with Crippen molar-refractivity contribution in [3.05, 3.63) is 12.2 Å². The highest BCUT2D eigenvalue weighted by molar-refractivity contribution is 6.03. The van der Waals surface area contributed by atoms with Gasteiger partial charge in [-0.25, -0.2) is 9.59 Å². The molecule has 0 radical (unpaired) electrons. The topological polar surface area (TPSA) is 116 Å². The zero-order chi connectivity index (χ0) is 14.4. The van der Waals surface area contributed by atoms with E-state index in [0.29, 0.717) is 25.6 Å². The summed E-state index contributed by atoms with van der Waals surface area (Å²) in [6.45, 7) is 2.37. The first kappa shape index (κ1) is 14.7. The summed E-state index contributed by atoms with van der Waals surface area (Å²) in [4.78, 5) is 46.1. The van der Waals surface area contributed by atoms with Gasteiger partial charge in [0.25, 0.3) is 5.91 Å². The van der Waals surface area contributed by atoms with Crippen LogP contribution in [0.4, 0.5) is 4.79 Å². The smallest absolute Gasteiger partial charge is 0.328 e. The number of rotatable bonds is 3. The van der Waals surface area contributed by atoms with E-state index in [2.05, 4.69) is 5.32 Å². The molecule has 1 fully saturated rings. The first-order valence-electron chi connectivity index (χ1n) is 5.76. The lowest BCUT2D eigenvalue weighted by atomic mass is 10.1. The quantitative estimate of drug-likeness (QED) is 0.573. The van der Waals surface area contributed by atoms with Crippen molar-refractivity contribution < 1.29 is 24.3 Å². The molecule has 3 N–H and O–H groups in total. The Hall–Kier alpha value is -2.38. The minimum absolute atomic E-state index is 0.266. The van der Waals surface area contributed by atoms with Gasteiger partial charge in [0.15, 0.2) is 0 Å². The molecule has 1 atom stereocenters. The number of aliphatic carboxylic acids is 1. The van der Waals surface area contributed by atoms with Crippen molar-refractivity contribution >= 4 is 23.8 Å². The number of nitrogens with zero attached hydrogens (tertiary/aromatic N) is 1. The van der Waals surface area contributed by atoms with Crippen molar-refractivity contribution in [2.24, 2.45) is 0 Å². The third-order valence-electron chi connectivity index (χ3n) is 2.59. The highest BCUT2D eigenvalue weighted by Gasteiger charge is 2.31. The zero-order valence-electron chi connectivity index (χ0n) is 10.4. The van der Waals surface area contributed by atoms with Gasteiger partial charge in [0, 0.05) is 25.2 Å². The molecule has 104 valence electrons. The number of carboxylic acid groups (broad SMARTS) is 1. The Kier molecular flexibility index (Phi) is 5.04. The molecule has 8 heteroatoms. The maximum atomic E-state index is 11.8. The average Bonchev–Trinajstić information content (AvgIpc) is 2.36. The monoisotopic (exact) mass is 269 g/mol. The van der Waals surface area contributed by atoms with Gasteiger partial charge in [-0.2, -0.15) is 0 Å². The van der Waals surface area contributed by atoms with E-state index in [1.165, 1.54) is 4.90 Å². The van der Waals surface area contributed by atoms with Crippen molar-refractivity contribution in [2.75, 3.05) is 13.1 Å². The number of carbonyl (C=O) groups excluding carboxylic acids is 3. The Labute approximate surface area is 109 Å². The predicted molar refractivity (Wildman–Crippen MR) is 64.1 cm³/mol. The molecule has 1 rings (SSSR count). The maximum absolute atomic E-state index is 11.8. The van der Waals surface area contributed by atoms with Crippen molar-refractivity contribution in [2.45, 2.75) is 19.4 Å². The molecule has 0 aromatic heterocycles. The summed E-state index contributed by atoms with van der Waals surface area (Å²) in [5, 5.41) is 13.0. The molecule has 0 bridgehead atoms. The third kappa shape index (κ3) is 4.09. The van der Waals surface area contributed by atoms with Crippen LogP contribution in [0.3, 0.4) is 0 Å². The molecule has 0 saturated carbocycles. The summed E-state index contributed by atoms with van der Waals surface area (Å²) in [5.41, 5.74) is 0. The van der Waals surface area contributed by atoms with Crippen molar-refractivity contribution in [1.82, 2.24) is 15.5 Å². The minimum Gasteiger partial charge on any atom is -0.478 e. The second-order valence-corrected chi connectivity index (χ2v) is 3.87. The van der Waals surface area contributed by atoms with Crippen LogP contribution < -0.4 is 10.6 Å². The average molecular weight is 269 g/mol. The van der Waals surface area contributed by atoms with Gasteiger partial charge in [-0.1, -0.05) is 6.92 Å². The van der Waals surface area contributed by atoms with Crippen LogP contribution >= 0.6 is 0 Å². The lowest BCUT2D eigenvalue weighted by molar-refractivity contribution is -0.131. The van der Waals surface area contributed by atoms with Gasteiger partial charge in [-0.3, -0.25) is 14.9 Å². The Morgan fingerprint density at radius 2 is 2.16 bits per heavy atom. The van der Waals surface area contributed by atoms with Gasteiger partial charge in [-0.15, -0.1) is 0 Å². The fraction of sp³-hybridized carbons (Fsp3) is 0.455. The molecular weight excluding hydrogens is 254 g/mol. The largest absolute Gasteiger partial charge is 0.478 e. The fourth-order valence-electron chi connectivity index (χ4n) is 1.73. The van der Waals surface area contributed by atoms with Gasteiger partial charge in [0.1, 0.15) is 6.04 Å². The normalized spacial score (nSPS) is 19.1. The van der Waals surface area contributed by atoms with Gasteiger partial charge < -0.3 is 15.3 Å². The highest BCUT2D eigenvalue weighted by Crippen LogP contribution is 2.08. The molecule has 1 heterocycles. The van der Waals surface area contributed by atoms with E-state index in [9.17, 15) is 19.2 Å². The Morgan fingerprint density at radius 3 is 2.74 bits per heavy atom. The molecule has 0 aromatic rings. The highest BCUT2D eigenvalue weighted by atomic mass is 16.4. The van der Waals surface area contributed by atoms with Crippen LogP contribution in [0.2, 0.25) is 0 Å². The molecule has 1 unspecified atom stereocenters. The molecule has 4 amide bonds. The molecule has 1 saturated heterocycles. The van der Waals surface area contributed by atoms with E-state index in [1.807, 2.05) is 5.32 Å². The van der Waals surface area contributed by atoms with Crippen LogP contribution in [0.25, 0.3) is 0 Å². The van der Waals surface area contributed by atoms with E-state index < -0.39 is 23.9 Å². The number of piperazine rings is 1. The van der Waals surface area contributed by atoms with E-state index in [-0.39, 0.29) is 5.91 Å². The summed E-state index contributed by atoms with van der Waals surface area (Å²) in [6.07, 6.45) is 1.80. The number of amides is 4. The summed E-state index contributed by atoms with van der Waals surface area (Å²) < 4.78 is 0. The van der Waals surface area contributed by atoms with Gasteiger partial charge >= 0.3 is 12.0 Å². The standard InChI is InChI=1S/C11H15N3O5/c1-2-7-10(18)12-5-6-14(7)11(19)13-8(15)3-4-9(16)17/h3-4,7H,2,5-6H2,1H3,(H,12,18)(H,16,17)(H,13,15,19). The molecule has 0 spiro atoms. The zero-order valence-corrected chi connectivity index (χ0v) is 10.4. The van der Waals surface area contributed by atoms with E-state index in [4.69, 9.17) is 5.11 Å². The number of imide groups is 1. The van der Waals surface area contributed by atoms with Gasteiger partial charge in [0.2, 0.25) is 5.91 Å². The molecule has 1 aliphatic heterocycles. The van der Waals surface area contributed by atoms with Gasteiger partial charge in [-0.05, 0) is 6.42 Å². The number of hydrogen-bond donors (Lipinski definition) is 3. The molecule has 0 aliphatic carbocycles. The lowest BCUT2D eigenvalue weighted by Gasteiger charge is -2.34. The lowest BCUT2D eigenvalue weighted by Crippen LogP contribution is -2.59. The Morgan fingerprint density at radius 1 is 1.47 bits per heavy atom. The van der Waals surface area contributed by atoms with E-state index >= 15 is 0 Å². The number of carbonyl (C=O) groups is 4. The summed E-state index contributed by atoms with van der Waals surface area (Å²) in [7, 11) is 0. The van der Waals surface area contributed by atoms with Gasteiger partial charge in [0.05, 0.1) is 0 Å². The van der Waals surface area contributed by atoms with Crippen molar-refractivity contribution in [1.29, 1.82) is 0 Å². The minimum atomic E-state index is -1.29. The maximum Gasteiger partial charge on any atom is 0.328 e. The first-order valence-corrected chi connectivity index (χ1v) is 5.76. The molecule has 1 aliphatic rings. The van der Waals surface area contributed by atoms with Crippen LogP contribution in [-0.2, 0) is 14.4 Å². The Balaban J connectivity index is 2.63. The van der Waals surface area contributed by atoms with E-state index in [0.717, 1.165) is 6.08 Å².